The molecular weight excluding hydrogens is 230 g/mol. The standard InChI is InChI=1S/C14H21NO3/c16-12(7-10-3-1-4-10)15-8-11-5-2-6-14(11,9-15)13(17)18/h10-11H,1-9H2,(H,17,18)/t11-,14+/m0/s1. The average Bonchev–Trinajstić information content (AvgIpc) is 2.79. The quantitative estimate of drug-likeness (QED) is 0.833. The first kappa shape index (κ1) is 12.0. The smallest absolute Gasteiger partial charge is 0.311 e. The van der Waals surface area contributed by atoms with Gasteiger partial charge in [0.15, 0.2) is 0 Å². The van der Waals surface area contributed by atoms with Gasteiger partial charge in [-0.2, -0.15) is 0 Å². The summed E-state index contributed by atoms with van der Waals surface area (Å²) >= 11 is 0. The molecule has 3 rings (SSSR count). The minimum absolute atomic E-state index is 0.190. The number of carboxylic acid groups (broad SMARTS) is 1. The van der Waals surface area contributed by atoms with Crippen LogP contribution in [-0.4, -0.2) is 35.0 Å². The highest BCUT2D eigenvalue weighted by Crippen LogP contribution is 2.49. The van der Waals surface area contributed by atoms with Gasteiger partial charge >= 0.3 is 5.97 Å². The van der Waals surface area contributed by atoms with Gasteiger partial charge in [-0.15, -0.1) is 0 Å². The van der Waals surface area contributed by atoms with E-state index in [1.807, 2.05) is 4.90 Å². The zero-order valence-corrected chi connectivity index (χ0v) is 10.7. The number of rotatable bonds is 3. The first-order valence-corrected chi connectivity index (χ1v) is 7.13. The molecule has 0 unspecified atom stereocenters. The van der Waals surface area contributed by atoms with Crippen molar-refractivity contribution in [1.82, 2.24) is 4.90 Å². The van der Waals surface area contributed by atoms with Crippen LogP contribution in [0.5, 0.6) is 0 Å². The van der Waals surface area contributed by atoms with E-state index in [0.29, 0.717) is 25.4 Å². The number of nitrogens with zero attached hydrogens (tertiary/aromatic N) is 1. The number of likely N-dealkylation sites (tertiary alicyclic amines) is 1. The SMILES string of the molecule is O=C(CC1CCC1)N1C[C@@H]2CCC[C@@]2(C(=O)O)C1. The molecule has 0 spiro atoms. The maximum atomic E-state index is 12.2. The molecular formula is C14H21NO3. The highest BCUT2D eigenvalue weighted by Gasteiger charge is 2.55. The summed E-state index contributed by atoms with van der Waals surface area (Å²) in [5, 5.41) is 9.47. The highest BCUT2D eigenvalue weighted by atomic mass is 16.4. The largest absolute Gasteiger partial charge is 0.481 e. The molecule has 1 saturated heterocycles. The Labute approximate surface area is 107 Å². The zero-order valence-electron chi connectivity index (χ0n) is 10.7. The van der Waals surface area contributed by atoms with Crippen molar-refractivity contribution in [3.63, 3.8) is 0 Å². The number of hydrogen-bond acceptors (Lipinski definition) is 2. The fourth-order valence-electron chi connectivity index (χ4n) is 3.90. The Balaban J connectivity index is 1.66. The molecule has 1 amide bonds. The number of carbonyl (C=O) groups is 2. The van der Waals surface area contributed by atoms with Crippen LogP contribution < -0.4 is 0 Å². The summed E-state index contributed by atoms with van der Waals surface area (Å²) in [6, 6.07) is 0. The summed E-state index contributed by atoms with van der Waals surface area (Å²) < 4.78 is 0. The molecule has 3 aliphatic rings. The topological polar surface area (TPSA) is 57.6 Å². The normalized spacial score (nSPS) is 35.3. The zero-order chi connectivity index (χ0) is 12.8. The van der Waals surface area contributed by atoms with Crippen LogP contribution in [-0.2, 0) is 9.59 Å². The maximum absolute atomic E-state index is 12.2. The van der Waals surface area contributed by atoms with Crippen LogP contribution in [0.25, 0.3) is 0 Å². The molecule has 18 heavy (non-hydrogen) atoms. The van der Waals surface area contributed by atoms with Crippen LogP contribution in [0.4, 0.5) is 0 Å². The van der Waals surface area contributed by atoms with Gasteiger partial charge in [-0.05, 0) is 37.5 Å². The van der Waals surface area contributed by atoms with Gasteiger partial charge in [0.25, 0.3) is 0 Å². The van der Waals surface area contributed by atoms with Crippen molar-refractivity contribution >= 4 is 11.9 Å². The van der Waals surface area contributed by atoms with Gasteiger partial charge in [0, 0.05) is 19.5 Å². The lowest BCUT2D eigenvalue weighted by atomic mass is 9.81. The van der Waals surface area contributed by atoms with Crippen molar-refractivity contribution in [2.75, 3.05) is 13.1 Å². The summed E-state index contributed by atoms with van der Waals surface area (Å²) in [4.78, 5) is 25.5. The number of fused-ring (bicyclic) bond motifs is 1. The summed E-state index contributed by atoms with van der Waals surface area (Å²) in [5.74, 6) is 0.262. The molecule has 1 heterocycles. The molecule has 0 aromatic rings. The lowest BCUT2D eigenvalue weighted by Gasteiger charge is -2.28. The Kier molecular flexibility index (Phi) is 2.83. The van der Waals surface area contributed by atoms with Gasteiger partial charge in [0.1, 0.15) is 0 Å². The van der Waals surface area contributed by atoms with Gasteiger partial charge in [0.05, 0.1) is 5.41 Å². The highest BCUT2D eigenvalue weighted by molar-refractivity contribution is 5.81. The number of carboxylic acids is 1. The number of hydrogen-bond donors (Lipinski definition) is 1. The fraction of sp³-hybridized carbons (Fsp3) is 0.857. The Morgan fingerprint density at radius 1 is 1.22 bits per heavy atom. The first-order chi connectivity index (χ1) is 8.62. The van der Waals surface area contributed by atoms with Gasteiger partial charge in [-0.1, -0.05) is 12.8 Å². The molecule has 0 aromatic heterocycles. The van der Waals surface area contributed by atoms with E-state index in [4.69, 9.17) is 0 Å². The number of amides is 1. The molecule has 2 aliphatic carbocycles. The van der Waals surface area contributed by atoms with E-state index in [2.05, 4.69) is 0 Å². The van der Waals surface area contributed by atoms with Crippen LogP contribution in [0.3, 0.4) is 0 Å². The van der Waals surface area contributed by atoms with Crippen molar-refractivity contribution in [1.29, 1.82) is 0 Å². The third-order valence-electron chi connectivity index (χ3n) is 5.34. The van der Waals surface area contributed by atoms with Crippen LogP contribution >= 0.6 is 0 Å². The van der Waals surface area contributed by atoms with Gasteiger partial charge in [0.2, 0.25) is 5.91 Å². The van der Waals surface area contributed by atoms with E-state index in [0.717, 1.165) is 19.3 Å². The third-order valence-corrected chi connectivity index (χ3v) is 5.34. The third kappa shape index (κ3) is 1.73. The molecule has 3 fully saturated rings. The Morgan fingerprint density at radius 2 is 2.00 bits per heavy atom. The number of carbonyl (C=O) groups excluding carboxylic acids is 1. The van der Waals surface area contributed by atoms with Crippen molar-refractivity contribution < 1.29 is 14.7 Å². The molecule has 100 valence electrons. The van der Waals surface area contributed by atoms with E-state index in [1.165, 1.54) is 19.3 Å². The number of aliphatic carboxylic acids is 1. The second-order valence-corrected chi connectivity index (χ2v) is 6.33. The lowest BCUT2D eigenvalue weighted by molar-refractivity contribution is -0.149. The molecule has 2 atom stereocenters. The van der Waals surface area contributed by atoms with Crippen molar-refractivity contribution in [3.8, 4) is 0 Å². The van der Waals surface area contributed by atoms with Gasteiger partial charge < -0.3 is 10.0 Å². The van der Waals surface area contributed by atoms with Crippen molar-refractivity contribution in [3.05, 3.63) is 0 Å². The predicted molar refractivity (Wildman–Crippen MR) is 65.9 cm³/mol. The molecule has 0 aromatic carbocycles. The second-order valence-electron chi connectivity index (χ2n) is 6.33. The summed E-state index contributed by atoms with van der Waals surface area (Å²) in [6.07, 6.45) is 6.96. The van der Waals surface area contributed by atoms with Crippen LogP contribution in [0, 0.1) is 17.3 Å². The Bertz CT molecular complexity index is 377. The van der Waals surface area contributed by atoms with Crippen LogP contribution in [0.2, 0.25) is 0 Å². The molecule has 1 aliphatic heterocycles. The molecule has 4 nitrogen and oxygen atoms in total. The maximum Gasteiger partial charge on any atom is 0.311 e. The molecule has 4 heteroatoms. The Morgan fingerprint density at radius 3 is 2.56 bits per heavy atom. The van der Waals surface area contributed by atoms with Crippen molar-refractivity contribution in [2.45, 2.75) is 44.9 Å². The fourth-order valence-corrected chi connectivity index (χ4v) is 3.90. The molecule has 0 radical (unpaired) electrons. The summed E-state index contributed by atoms with van der Waals surface area (Å²) in [7, 11) is 0. The molecule has 0 bridgehead atoms. The lowest BCUT2D eigenvalue weighted by Crippen LogP contribution is -2.38. The predicted octanol–water partition coefficient (Wildman–Crippen LogP) is 1.89. The summed E-state index contributed by atoms with van der Waals surface area (Å²) in [5.41, 5.74) is -0.616. The van der Waals surface area contributed by atoms with E-state index in [1.54, 1.807) is 0 Å². The first-order valence-electron chi connectivity index (χ1n) is 7.13. The Hall–Kier alpha value is -1.06. The van der Waals surface area contributed by atoms with E-state index in [9.17, 15) is 14.7 Å². The monoisotopic (exact) mass is 251 g/mol. The minimum Gasteiger partial charge on any atom is -0.481 e. The minimum atomic E-state index is -0.691. The van der Waals surface area contributed by atoms with E-state index >= 15 is 0 Å². The van der Waals surface area contributed by atoms with Crippen molar-refractivity contribution in [2.24, 2.45) is 17.3 Å². The second kappa shape index (κ2) is 4.25. The van der Waals surface area contributed by atoms with Gasteiger partial charge in [-0.3, -0.25) is 9.59 Å². The van der Waals surface area contributed by atoms with Gasteiger partial charge in [-0.25, -0.2) is 0 Å². The van der Waals surface area contributed by atoms with Crippen LogP contribution in [0.15, 0.2) is 0 Å². The van der Waals surface area contributed by atoms with E-state index in [-0.39, 0.29) is 11.8 Å². The molecule has 2 saturated carbocycles. The average molecular weight is 251 g/mol. The summed E-state index contributed by atoms with van der Waals surface area (Å²) in [6.45, 7) is 1.14. The molecule has 1 N–H and O–H groups in total. The van der Waals surface area contributed by atoms with E-state index < -0.39 is 11.4 Å². The van der Waals surface area contributed by atoms with Crippen LogP contribution in [0.1, 0.15) is 44.9 Å².